The van der Waals surface area contributed by atoms with Crippen LogP contribution in [0.5, 0.6) is 0 Å². The Kier molecular flexibility index (Phi) is 4.28. The van der Waals surface area contributed by atoms with Crippen LogP contribution in [0.2, 0.25) is 0 Å². The first-order chi connectivity index (χ1) is 11.4. The van der Waals surface area contributed by atoms with Gasteiger partial charge in [0, 0.05) is 16.5 Å². The number of para-hydroxylation sites is 1. The second kappa shape index (κ2) is 6.24. The minimum atomic E-state index is -0.575. The van der Waals surface area contributed by atoms with E-state index >= 15 is 0 Å². The first kappa shape index (κ1) is 16.5. The first-order valence-corrected chi connectivity index (χ1v) is 8.71. The topological polar surface area (TPSA) is 57.6 Å². The van der Waals surface area contributed by atoms with Gasteiger partial charge in [0.15, 0.2) is 11.5 Å². The van der Waals surface area contributed by atoms with Crippen LogP contribution in [0.1, 0.15) is 30.3 Å². The molecule has 1 aromatic heterocycles. The van der Waals surface area contributed by atoms with Crippen molar-refractivity contribution in [3.8, 4) is 0 Å². The molecule has 1 N–H and O–H groups in total. The summed E-state index contributed by atoms with van der Waals surface area (Å²) in [6.45, 7) is 5.46. The third-order valence-corrected chi connectivity index (χ3v) is 5.11. The lowest BCUT2D eigenvalue weighted by Gasteiger charge is -2.27. The van der Waals surface area contributed by atoms with E-state index in [1.54, 1.807) is 13.8 Å². The molecule has 0 fully saturated rings. The van der Waals surface area contributed by atoms with Gasteiger partial charge in [0.2, 0.25) is 0 Å². The van der Waals surface area contributed by atoms with Crippen molar-refractivity contribution in [3.63, 3.8) is 0 Å². The highest BCUT2D eigenvalue weighted by Crippen LogP contribution is 2.43. The van der Waals surface area contributed by atoms with Crippen LogP contribution in [0.4, 0.5) is 5.69 Å². The van der Waals surface area contributed by atoms with E-state index in [0.29, 0.717) is 5.69 Å². The molecule has 4 nitrogen and oxygen atoms in total. The number of aliphatic hydroxyl groups excluding tert-OH is 1. The highest BCUT2D eigenvalue weighted by atomic mass is 32.1. The molecule has 1 unspecified atom stereocenters. The van der Waals surface area contributed by atoms with E-state index in [0.717, 1.165) is 10.4 Å². The molecule has 2 heterocycles. The Balaban J connectivity index is 2.19. The van der Waals surface area contributed by atoms with Crippen LogP contribution in [-0.4, -0.2) is 16.8 Å². The Morgan fingerprint density at radius 1 is 1.21 bits per heavy atom. The molecule has 2 aromatic rings. The molecule has 5 heteroatoms. The van der Waals surface area contributed by atoms with Crippen molar-refractivity contribution < 1.29 is 14.7 Å². The molecule has 1 amide bonds. The van der Waals surface area contributed by atoms with Crippen LogP contribution in [0.25, 0.3) is 0 Å². The summed E-state index contributed by atoms with van der Waals surface area (Å²) in [6, 6.07) is 10.7. The SMILES string of the molecule is Cc1ccccc1N1C(=O)C(O)=C(C(=O)C(C)C)C1c1cccs1. The quantitative estimate of drug-likeness (QED) is 0.907. The zero-order valence-electron chi connectivity index (χ0n) is 13.8. The van der Waals surface area contributed by atoms with E-state index in [9.17, 15) is 14.7 Å². The Hall–Kier alpha value is -2.40. The Labute approximate surface area is 145 Å². The number of aryl methyl sites for hydroxylation is 1. The fourth-order valence-electron chi connectivity index (χ4n) is 2.97. The van der Waals surface area contributed by atoms with Crippen LogP contribution in [0, 0.1) is 12.8 Å². The lowest BCUT2D eigenvalue weighted by atomic mass is 9.94. The minimum absolute atomic E-state index is 0.195. The van der Waals surface area contributed by atoms with Crippen LogP contribution in [0.15, 0.2) is 53.1 Å². The van der Waals surface area contributed by atoms with E-state index in [1.165, 1.54) is 16.2 Å². The molecular weight excluding hydrogens is 322 g/mol. The molecule has 0 saturated heterocycles. The number of thiophene rings is 1. The summed E-state index contributed by atoms with van der Waals surface area (Å²) in [4.78, 5) is 27.8. The number of benzene rings is 1. The molecule has 1 atom stereocenters. The molecule has 1 aliphatic rings. The summed E-state index contributed by atoms with van der Waals surface area (Å²) in [6.07, 6.45) is 0. The summed E-state index contributed by atoms with van der Waals surface area (Å²) in [5, 5.41) is 12.3. The molecule has 3 rings (SSSR count). The van der Waals surface area contributed by atoms with Crippen LogP contribution in [-0.2, 0) is 9.59 Å². The standard InChI is InChI=1S/C19H19NO3S/c1-11(2)17(21)15-16(14-9-6-10-24-14)20(19(23)18(15)22)13-8-5-4-7-12(13)3/h4-11,16,22H,1-3H3. The highest BCUT2D eigenvalue weighted by molar-refractivity contribution is 7.10. The lowest BCUT2D eigenvalue weighted by molar-refractivity contribution is -0.119. The van der Waals surface area contributed by atoms with Crippen LogP contribution < -0.4 is 4.90 Å². The smallest absolute Gasteiger partial charge is 0.294 e. The number of carbonyl (C=O) groups excluding carboxylic acids is 2. The number of anilines is 1. The van der Waals surface area contributed by atoms with E-state index in [4.69, 9.17) is 0 Å². The number of rotatable bonds is 4. The number of hydrogen-bond donors (Lipinski definition) is 1. The van der Waals surface area contributed by atoms with Crippen molar-refractivity contribution in [2.24, 2.45) is 5.92 Å². The predicted molar refractivity (Wildman–Crippen MR) is 95.2 cm³/mol. The Morgan fingerprint density at radius 2 is 1.92 bits per heavy atom. The maximum absolute atomic E-state index is 12.8. The second-order valence-corrected chi connectivity index (χ2v) is 7.14. The average Bonchev–Trinajstić information content (AvgIpc) is 3.15. The first-order valence-electron chi connectivity index (χ1n) is 7.83. The maximum atomic E-state index is 12.8. The zero-order valence-corrected chi connectivity index (χ0v) is 14.6. The van der Waals surface area contributed by atoms with Gasteiger partial charge in [-0.1, -0.05) is 38.1 Å². The fraction of sp³-hybridized carbons (Fsp3) is 0.263. The predicted octanol–water partition coefficient (Wildman–Crippen LogP) is 4.18. The van der Waals surface area contributed by atoms with Gasteiger partial charge < -0.3 is 5.11 Å². The monoisotopic (exact) mass is 341 g/mol. The van der Waals surface area contributed by atoms with Crippen LogP contribution >= 0.6 is 11.3 Å². The van der Waals surface area contributed by atoms with Crippen molar-refractivity contribution in [2.45, 2.75) is 26.8 Å². The minimum Gasteiger partial charge on any atom is -0.503 e. The molecule has 24 heavy (non-hydrogen) atoms. The number of hydrogen-bond acceptors (Lipinski definition) is 4. The molecule has 0 bridgehead atoms. The summed E-state index contributed by atoms with van der Waals surface area (Å²) in [7, 11) is 0. The zero-order chi connectivity index (χ0) is 17.4. The highest BCUT2D eigenvalue weighted by Gasteiger charge is 2.45. The largest absolute Gasteiger partial charge is 0.503 e. The van der Waals surface area contributed by atoms with E-state index in [2.05, 4.69) is 0 Å². The van der Waals surface area contributed by atoms with Gasteiger partial charge in [-0.25, -0.2) is 0 Å². The van der Waals surface area contributed by atoms with Gasteiger partial charge in [-0.15, -0.1) is 11.3 Å². The van der Waals surface area contributed by atoms with Crippen molar-refractivity contribution in [1.29, 1.82) is 0 Å². The molecule has 0 spiro atoms. The summed E-state index contributed by atoms with van der Waals surface area (Å²) >= 11 is 1.47. The molecule has 1 aliphatic heterocycles. The summed E-state index contributed by atoms with van der Waals surface area (Å²) in [5.74, 6) is -1.45. The average molecular weight is 341 g/mol. The maximum Gasteiger partial charge on any atom is 0.294 e. The van der Waals surface area contributed by atoms with Crippen LogP contribution in [0.3, 0.4) is 0 Å². The summed E-state index contributed by atoms with van der Waals surface area (Å²) < 4.78 is 0. The van der Waals surface area contributed by atoms with Gasteiger partial charge in [-0.3, -0.25) is 14.5 Å². The molecule has 0 saturated carbocycles. The fourth-order valence-corrected chi connectivity index (χ4v) is 3.79. The van der Waals surface area contributed by atoms with Crippen molar-refractivity contribution in [3.05, 3.63) is 63.6 Å². The molecule has 0 aliphatic carbocycles. The van der Waals surface area contributed by atoms with Gasteiger partial charge >= 0.3 is 0 Å². The second-order valence-electron chi connectivity index (χ2n) is 6.16. The van der Waals surface area contributed by atoms with Gasteiger partial charge in [0.05, 0.1) is 5.57 Å². The van der Waals surface area contributed by atoms with Crippen molar-refractivity contribution in [1.82, 2.24) is 0 Å². The van der Waals surface area contributed by atoms with E-state index < -0.39 is 17.7 Å². The van der Waals surface area contributed by atoms with E-state index in [-0.39, 0.29) is 17.3 Å². The van der Waals surface area contributed by atoms with E-state index in [1.807, 2.05) is 48.7 Å². The third-order valence-electron chi connectivity index (χ3n) is 4.19. The Bertz CT molecular complexity index is 821. The van der Waals surface area contributed by atoms with Gasteiger partial charge in [0.1, 0.15) is 6.04 Å². The number of Topliss-reactive ketones (excluding diaryl/α,β-unsaturated/α-hetero) is 1. The van der Waals surface area contributed by atoms with Gasteiger partial charge in [0.25, 0.3) is 5.91 Å². The van der Waals surface area contributed by atoms with Crippen molar-refractivity contribution in [2.75, 3.05) is 4.90 Å². The number of amides is 1. The Morgan fingerprint density at radius 3 is 2.50 bits per heavy atom. The number of nitrogens with zero attached hydrogens (tertiary/aromatic N) is 1. The molecule has 124 valence electrons. The van der Waals surface area contributed by atoms with Crippen molar-refractivity contribution >= 4 is 28.7 Å². The number of carbonyl (C=O) groups is 2. The summed E-state index contributed by atoms with van der Waals surface area (Å²) in [5.41, 5.74) is 1.82. The normalized spacial score (nSPS) is 17.9. The number of ketones is 1. The third kappa shape index (κ3) is 2.55. The number of aliphatic hydroxyl groups is 1. The molecule has 0 radical (unpaired) electrons. The molecule has 1 aromatic carbocycles. The van der Waals surface area contributed by atoms with Gasteiger partial charge in [-0.2, -0.15) is 0 Å². The van der Waals surface area contributed by atoms with Gasteiger partial charge in [-0.05, 0) is 30.0 Å². The lowest BCUT2D eigenvalue weighted by Crippen LogP contribution is -2.31. The molecular formula is C19H19NO3S.